The van der Waals surface area contributed by atoms with E-state index in [-0.39, 0.29) is 18.9 Å². The van der Waals surface area contributed by atoms with Crippen LogP contribution in [0.25, 0.3) is 0 Å². The van der Waals surface area contributed by atoms with Gasteiger partial charge < -0.3 is 19.9 Å². The zero-order valence-corrected chi connectivity index (χ0v) is 15.2. The van der Waals surface area contributed by atoms with E-state index < -0.39 is 12.1 Å². The number of benzene rings is 1. The summed E-state index contributed by atoms with van der Waals surface area (Å²) in [5, 5.41) is 11.5. The maximum atomic E-state index is 12.1. The third-order valence-corrected chi connectivity index (χ3v) is 4.42. The summed E-state index contributed by atoms with van der Waals surface area (Å²) in [6.45, 7) is 0.893. The predicted octanol–water partition coefficient (Wildman–Crippen LogP) is 3.54. The van der Waals surface area contributed by atoms with E-state index in [2.05, 4.69) is 5.32 Å². The molecule has 26 heavy (non-hydrogen) atoms. The molecule has 6 heteroatoms. The fourth-order valence-corrected chi connectivity index (χ4v) is 2.94. The highest BCUT2D eigenvalue weighted by Gasteiger charge is 2.26. The summed E-state index contributed by atoms with van der Waals surface area (Å²) in [6, 6.07) is 7.36. The number of carbonyl (C=O) groups excluding carboxylic acids is 1. The van der Waals surface area contributed by atoms with Crippen LogP contribution in [-0.4, -0.2) is 36.2 Å². The Kier molecular flexibility index (Phi) is 8.79. The van der Waals surface area contributed by atoms with E-state index in [1.54, 1.807) is 6.07 Å². The lowest BCUT2D eigenvalue weighted by Gasteiger charge is -2.25. The van der Waals surface area contributed by atoms with Gasteiger partial charge in [-0.3, -0.25) is 9.59 Å². The molecule has 144 valence electrons. The van der Waals surface area contributed by atoms with Crippen LogP contribution in [0.5, 0.6) is 11.5 Å². The van der Waals surface area contributed by atoms with Crippen LogP contribution in [0, 0.1) is 0 Å². The fourth-order valence-electron chi connectivity index (χ4n) is 2.94. The van der Waals surface area contributed by atoms with Crippen LogP contribution in [0.4, 0.5) is 0 Å². The number of ether oxygens (including phenoxy) is 2. The lowest BCUT2D eigenvalue weighted by atomic mass is 10.1. The molecule has 0 aliphatic carbocycles. The van der Waals surface area contributed by atoms with Gasteiger partial charge in [-0.2, -0.15) is 0 Å². The van der Waals surface area contributed by atoms with Crippen molar-refractivity contribution in [3.8, 4) is 11.5 Å². The van der Waals surface area contributed by atoms with Gasteiger partial charge in [-0.25, -0.2) is 0 Å². The summed E-state index contributed by atoms with van der Waals surface area (Å²) < 4.78 is 11.2. The highest BCUT2D eigenvalue weighted by molar-refractivity contribution is 5.81. The quantitative estimate of drug-likeness (QED) is 0.555. The molecule has 1 amide bonds. The minimum absolute atomic E-state index is 0.127. The molecule has 0 spiro atoms. The standard InChI is InChI=1S/C20H29NO5/c22-19(23)13-7-5-3-1-2-4-6-10-14-21-20(24)18-15-25-16-11-8-9-12-17(16)26-18/h8-9,11-12,18H,1-7,10,13-15H2,(H,21,24)(H,22,23). The number of aliphatic carboxylic acids is 1. The Morgan fingerprint density at radius 3 is 2.27 bits per heavy atom. The third kappa shape index (κ3) is 7.33. The molecule has 1 heterocycles. The van der Waals surface area contributed by atoms with Crippen molar-refractivity contribution in [1.29, 1.82) is 0 Å². The first-order chi connectivity index (χ1) is 12.7. The number of unbranched alkanes of at least 4 members (excludes halogenated alkanes) is 7. The molecular formula is C20H29NO5. The van der Waals surface area contributed by atoms with Crippen LogP contribution in [-0.2, 0) is 9.59 Å². The Hall–Kier alpha value is -2.24. The summed E-state index contributed by atoms with van der Waals surface area (Å²) >= 11 is 0. The van der Waals surface area contributed by atoms with Crippen LogP contribution in [0.1, 0.15) is 57.8 Å². The number of carboxylic acid groups (broad SMARTS) is 1. The number of para-hydroxylation sites is 2. The molecular weight excluding hydrogens is 334 g/mol. The number of hydrogen-bond donors (Lipinski definition) is 2. The fraction of sp³-hybridized carbons (Fsp3) is 0.600. The molecule has 2 N–H and O–H groups in total. The summed E-state index contributed by atoms with van der Waals surface area (Å²) in [6.07, 6.45) is 8.06. The van der Waals surface area contributed by atoms with Crippen molar-refractivity contribution in [2.24, 2.45) is 0 Å². The highest BCUT2D eigenvalue weighted by Crippen LogP contribution is 2.30. The SMILES string of the molecule is O=C(O)CCCCCCCCCCNC(=O)C1COc2ccccc2O1. The van der Waals surface area contributed by atoms with Crippen molar-refractivity contribution in [3.63, 3.8) is 0 Å². The highest BCUT2D eigenvalue weighted by atomic mass is 16.6. The van der Waals surface area contributed by atoms with Crippen molar-refractivity contribution in [1.82, 2.24) is 5.32 Å². The molecule has 1 aliphatic rings. The van der Waals surface area contributed by atoms with Crippen molar-refractivity contribution >= 4 is 11.9 Å². The second-order valence-electron chi connectivity index (χ2n) is 6.63. The van der Waals surface area contributed by atoms with Crippen LogP contribution >= 0.6 is 0 Å². The first kappa shape index (κ1) is 20.1. The van der Waals surface area contributed by atoms with E-state index in [0.29, 0.717) is 18.0 Å². The first-order valence-electron chi connectivity index (χ1n) is 9.55. The van der Waals surface area contributed by atoms with Gasteiger partial charge in [0.05, 0.1) is 0 Å². The molecule has 6 nitrogen and oxygen atoms in total. The molecule has 0 saturated carbocycles. The van der Waals surface area contributed by atoms with Crippen LogP contribution in [0.3, 0.4) is 0 Å². The Bertz CT molecular complexity index is 575. The number of hydrogen-bond acceptors (Lipinski definition) is 4. The lowest BCUT2D eigenvalue weighted by molar-refractivity contribution is -0.137. The topological polar surface area (TPSA) is 84.9 Å². The van der Waals surface area contributed by atoms with Crippen molar-refractivity contribution in [3.05, 3.63) is 24.3 Å². The summed E-state index contributed by atoms with van der Waals surface area (Å²) in [5.41, 5.74) is 0. The molecule has 1 aromatic rings. The number of fused-ring (bicyclic) bond motifs is 1. The number of carbonyl (C=O) groups is 2. The Labute approximate surface area is 154 Å². The van der Waals surface area contributed by atoms with Crippen LogP contribution in [0.2, 0.25) is 0 Å². The van der Waals surface area contributed by atoms with Crippen molar-refractivity contribution in [2.45, 2.75) is 63.9 Å². The molecule has 0 radical (unpaired) electrons. The van der Waals surface area contributed by atoms with Gasteiger partial charge in [-0.1, -0.05) is 50.7 Å². The second-order valence-corrected chi connectivity index (χ2v) is 6.63. The largest absolute Gasteiger partial charge is 0.485 e. The van der Waals surface area contributed by atoms with Gasteiger partial charge in [0, 0.05) is 13.0 Å². The van der Waals surface area contributed by atoms with Crippen molar-refractivity contribution < 1.29 is 24.2 Å². The molecule has 0 saturated heterocycles. The molecule has 0 aromatic heterocycles. The van der Waals surface area contributed by atoms with Gasteiger partial charge in [-0.15, -0.1) is 0 Å². The normalized spacial score (nSPS) is 15.5. The minimum Gasteiger partial charge on any atom is -0.485 e. The Morgan fingerprint density at radius 2 is 1.58 bits per heavy atom. The van der Waals surface area contributed by atoms with E-state index in [1.165, 1.54) is 0 Å². The molecule has 1 unspecified atom stereocenters. The Morgan fingerprint density at radius 1 is 0.962 bits per heavy atom. The number of nitrogens with one attached hydrogen (secondary N) is 1. The summed E-state index contributed by atoms with van der Waals surface area (Å²) in [5.74, 6) is 0.459. The number of amides is 1. The van der Waals surface area contributed by atoms with Gasteiger partial charge in [0.2, 0.25) is 6.10 Å². The molecule has 0 fully saturated rings. The predicted molar refractivity (Wildman–Crippen MR) is 98.6 cm³/mol. The summed E-state index contributed by atoms with van der Waals surface area (Å²) in [7, 11) is 0. The van der Waals surface area contributed by atoms with Gasteiger partial charge in [-0.05, 0) is 25.0 Å². The third-order valence-electron chi connectivity index (χ3n) is 4.42. The van der Waals surface area contributed by atoms with Crippen LogP contribution in [0.15, 0.2) is 24.3 Å². The van der Waals surface area contributed by atoms with Gasteiger partial charge >= 0.3 is 5.97 Å². The summed E-state index contributed by atoms with van der Waals surface area (Å²) in [4.78, 5) is 22.5. The zero-order chi connectivity index (χ0) is 18.6. The maximum Gasteiger partial charge on any atom is 0.303 e. The smallest absolute Gasteiger partial charge is 0.303 e. The van der Waals surface area contributed by atoms with Crippen LogP contribution < -0.4 is 14.8 Å². The van der Waals surface area contributed by atoms with Gasteiger partial charge in [0.1, 0.15) is 6.61 Å². The Balaban J connectivity index is 1.45. The van der Waals surface area contributed by atoms with Gasteiger partial charge in [0.15, 0.2) is 11.5 Å². The number of carboxylic acids is 1. The molecule has 1 atom stereocenters. The van der Waals surface area contributed by atoms with E-state index in [4.69, 9.17) is 14.6 Å². The average molecular weight is 363 g/mol. The first-order valence-corrected chi connectivity index (χ1v) is 9.55. The average Bonchev–Trinajstić information content (AvgIpc) is 2.65. The van der Waals surface area contributed by atoms with E-state index in [1.807, 2.05) is 18.2 Å². The minimum atomic E-state index is -0.707. The lowest BCUT2D eigenvalue weighted by Crippen LogP contribution is -2.44. The second kappa shape index (κ2) is 11.4. The van der Waals surface area contributed by atoms with Crippen molar-refractivity contribution in [2.75, 3.05) is 13.2 Å². The zero-order valence-electron chi connectivity index (χ0n) is 15.2. The van der Waals surface area contributed by atoms with E-state index in [9.17, 15) is 9.59 Å². The molecule has 1 aliphatic heterocycles. The number of rotatable bonds is 12. The maximum absolute atomic E-state index is 12.1. The monoisotopic (exact) mass is 363 g/mol. The molecule has 0 bridgehead atoms. The van der Waals surface area contributed by atoms with E-state index in [0.717, 1.165) is 51.4 Å². The van der Waals surface area contributed by atoms with Gasteiger partial charge in [0.25, 0.3) is 5.91 Å². The molecule has 1 aromatic carbocycles. The molecule has 2 rings (SSSR count). The van der Waals surface area contributed by atoms with E-state index >= 15 is 0 Å².